The van der Waals surface area contributed by atoms with Crippen molar-refractivity contribution in [3.63, 3.8) is 0 Å². The fourth-order valence-corrected chi connectivity index (χ4v) is 2.94. The third-order valence-electron chi connectivity index (χ3n) is 4.53. The molecule has 0 atom stereocenters. The van der Waals surface area contributed by atoms with E-state index in [9.17, 15) is 10.1 Å². The van der Waals surface area contributed by atoms with Gasteiger partial charge in [0.15, 0.2) is 5.69 Å². The Morgan fingerprint density at radius 2 is 1.88 bits per heavy atom. The summed E-state index contributed by atoms with van der Waals surface area (Å²) >= 11 is 0. The number of ether oxygens (including phenoxy) is 1. The van der Waals surface area contributed by atoms with Crippen LogP contribution in [-0.4, -0.2) is 17.6 Å². The van der Waals surface area contributed by atoms with Crippen LogP contribution in [0.4, 0.5) is 5.69 Å². The van der Waals surface area contributed by atoms with E-state index < -0.39 is 5.97 Å². The number of para-hydroxylation sites is 1. The molecule has 0 aliphatic heterocycles. The Bertz CT molecular complexity index is 1040. The summed E-state index contributed by atoms with van der Waals surface area (Å²) in [5, 5.41) is 9.32. The Morgan fingerprint density at radius 3 is 2.54 bits per heavy atom. The van der Waals surface area contributed by atoms with Crippen molar-refractivity contribution in [3.05, 3.63) is 71.0 Å². The number of methoxy groups -OCH3 is 1. The molecule has 0 radical (unpaired) electrons. The van der Waals surface area contributed by atoms with Crippen molar-refractivity contribution in [2.45, 2.75) is 13.8 Å². The molecule has 2 aromatic carbocycles. The summed E-state index contributed by atoms with van der Waals surface area (Å²) in [5.74, 6) is -0.584. The Labute approximate surface area is 152 Å². The molecule has 0 bridgehead atoms. The van der Waals surface area contributed by atoms with Crippen molar-refractivity contribution in [1.82, 2.24) is 4.57 Å². The molecule has 3 rings (SSSR count). The zero-order chi connectivity index (χ0) is 18.8. The maximum atomic E-state index is 12.3. The number of aromatic nitrogens is 1. The fourth-order valence-electron chi connectivity index (χ4n) is 2.94. The lowest BCUT2D eigenvalue weighted by molar-refractivity contribution is 0.0593. The van der Waals surface area contributed by atoms with Gasteiger partial charge in [0.1, 0.15) is 6.07 Å². The number of esters is 1. The number of hydrogen-bond donors (Lipinski definition) is 1. The van der Waals surface area contributed by atoms with Crippen LogP contribution in [0.1, 0.15) is 27.2 Å². The van der Waals surface area contributed by atoms with Gasteiger partial charge in [-0.05, 0) is 36.6 Å². The molecule has 5 nitrogen and oxygen atoms in total. The van der Waals surface area contributed by atoms with Gasteiger partial charge in [0.2, 0.25) is 0 Å². The number of carbonyl (C=O) groups is 1. The van der Waals surface area contributed by atoms with Crippen molar-refractivity contribution < 1.29 is 9.53 Å². The van der Waals surface area contributed by atoms with Crippen LogP contribution in [0.5, 0.6) is 0 Å². The van der Waals surface area contributed by atoms with Crippen LogP contribution in [0.3, 0.4) is 0 Å². The standard InChI is InChI=1S/C21H19N3O2/c1-13-8-9-15(10-14(13)2)17-6-4-5-7-18(17)24-12-16(11-22)19(23)20(24)21(25)26-3/h4-10,12H,23H2,1-3H3. The third-order valence-corrected chi connectivity index (χ3v) is 4.53. The summed E-state index contributed by atoms with van der Waals surface area (Å²) in [7, 11) is 1.29. The van der Waals surface area contributed by atoms with Gasteiger partial charge in [-0.1, -0.05) is 36.4 Å². The first-order chi connectivity index (χ1) is 12.5. The number of hydrogen-bond acceptors (Lipinski definition) is 4. The molecule has 2 N–H and O–H groups in total. The lowest BCUT2D eigenvalue weighted by Crippen LogP contribution is -2.11. The smallest absolute Gasteiger partial charge is 0.357 e. The van der Waals surface area contributed by atoms with Gasteiger partial charge < -0.3 is 15.0 Å². The van der Waals surface area contributed by atoms with E-state index in [1.165, 1.54) is 18.2 Å². The van der Waals surface area contributed by atoms with Gasteiger partial charge >= 0.3 is 5.97 Å². The SMILES string of the molecule is COC(=O)c1c(N)c(C#N)cn1-c1ccccc1-c1ccc(C)c(C)c1. The Balaban J connectivity index is 2.28. The lowest BCUT2D eigenvalue weighted by Gasteiger charge is -2.14. The largest absolute Gasteiger partial charge is 0.464 e. The second-order valence-electron chi connectivity index (χ2n) is 6.09. The fraction of sp³-hybridized carbons (Fsp3) is 0.143. The van der Waals surface area contributed by atoms with Crippen molar-refractivity contribution in [3.8, 4) is 22.9 Å². The van der Waals surface area contributed by atoms with Crippen molar-refractivity contribution in [2.75, 3.05) is 12.8 Å². The first-order valence-corrected chi connectivity index (χ1v) is 8.14. The van der Waals surface area contributed by atoms with Crippen molar-refractivity contribution in [1.29, 1.82) is 5.26 Å². The van der Waals surface area contributed by atoms with Gasteiger partial charge in [-0.2, -0.15) is 5.26 Å². The molecular formula is C21H19N3O2. The van der Waals surface area contributed by atoms with Crippen molar-refractivity contribution >= 4 is 11.7 Å². The molecule has 5 heteroatoms. The van der Waals surface area contributed by atoms with Crippen molar-refractivity contribution in [2.24, 2.45) is 0 Å². The zero-order valence-corrected chi connectivity index (χ0v) is 14.9. The molecular weight excluding hydrogens is 326 g/mol. The molecule has 26 heavy (non-hydrogen) atoms. The topological polar surface area (TPSA) is 81.0 Å². The molecule has 0 amide bonds. The predicted octanol–water partition coefficient (Wildman–Crippen LogP) is 4.00. The van der Waals surface area contributed by atoms with Crippen LogP contribution >= 0.6 is 0 Å². The van der Waals surface area contributed by atoms with Crippen LogP contribution in [0.15, 0.2) is 48.7 Å². The highest BCUT2D eigenvalue weighted by Crippen LogP contribution is 2.32. The summed E-state index contributed by atoms with van der Waals surface area (Å²) in [5.41, 5.74) is 11.6. The third kappa shape index (κ3) is 2.82. The van der Waals surface area contributed by atoms with Crippen LogP contribution < -0.4 is 5.73 Å². The highest BCUT2D eigenvalue weighted by atomic mass is 16.5. The molecule has 1 heterocycles. The van der Waals surface area contributed by atoms with Gasteiger partial charge in [0.05, 0.1) is 24.0 Å². The molecule has 1 aromatic heterocycles. The van der Waals surface area contributed by atoms with Crippen LogP contribution in [-0.2, 0) is 4.74 Å². The minimum absolute atomic E-state index is 0.120. The molecule has 0 saturated heterocycles. The van der Waals surface area contributed by atoms with Gasteiger partial charge in [-0.25, -0.2) is 4.79 Å². The van der Waals surface area contributed by atoms with Crippen LogP contribution in [0.25, 0.3) is 16.8 Å². The molecule has 0 spiro atoms. The number of nitrogens with two attached hydrogens (primary N) is 1. The molecule has 0 fully saturated rings. The van der Waals surface area contributed by atoms with E-state index >= 15 is 0 Å². The average molecular weight is 345 g/mol. The van der Waals surface area contributed by atoms with E-state index in [4.69, 9.17) is 10.5 Å². The monoisotopic (exact) mass is 345 g/mol. The van der Waals surface area contributed by atoms with Crippen LogP contribution in [0, 0.1) is 25.2 Å². The number of nitrogens with zero attached hydrogens (tertiary/aromatic N) is 2. The molecule has 0 saturated carbocycles. The first kappa shape index (κ1) is 17.3. The Morgan fingerprint density at radius 1 is 1.15 bits per heavy atom. The second kappa shape index (κ2) is 6.77. The second-order valence-corrected chi connectivity index (χ2v) is 6.09. The molecule has 0 unspecified atom stereocenters. The Hall–Kier alpha value is -3.52. The van der Waals surface area contributed by atoms with Crippen LogP contribution in [0.2, 0.25) is 0 Å². The number of nitrogen functional groups attached to an aromatic ring is 1. The molecule has 130 valence electrons. The average Bonchev–Trinajstić information content (AvgIpc) is 2.99. The lowest BCUT2D eigenvalue weighted by atomic mass is 9.99. The number of nitriles is 1. The first-order valence-electron chi connectivity index (χ1n) is 8.14. The van der Waals surface area contributed by atoms with E-state index in [0.29, 0.717) is 0 Å². The summed E-state index contributed by atoms with van der Waals surface area (Å²) in [4.78, 5) is 12.3. The summed E-state index contributed by atoms with van der Waals surface area (Å²) < 4.78 is 6.50. The molecule has 0 aliphatic rings. The van der Waals surface area contributed by atoms with Gasteiger partial charge in [-0.15, -0.1) is 0 Å². The van der Waals surface area contributed by atoms with E-state index in [2.05, 4.69) is 26.0 Å². The Kier molecular flexibility index (Phi) is 4.51. The summed E-state index contributed by atoms with van der Waals surface area (Å²) in [6, 6.07) is 15.9. The summed E-state index contributed by atoms with van der Waals surface area (Å²) in [6.07, 6.45) is 1.57. The number of rotatable bonds is 3. The summed E-state index contributed by atoms with van der Waals surface area (Å²) in [6.45, 7) is 4.12. The number of carbonyl (C=O) groups excluding carboxylic acids is 1. The van der Waals surface area contributed by atoms with E-state index in [1.54, 1.807) is 10.8 Å². The quantitative estimate of drug-likeness (QED) is 0.728. The zero-order valence-electron chi connectivity index (χ0n) is 14.9. The maximum absolute atomic E-state index is 12.3. The minimum atomic E-state index is -0.584. The van der Waals surface area contributed by atoms with E-state index in [1.807, 2.05) is 36.4 Å². The maximum Gasteiger partial charge on any atom is 0.357 e. The molecule has 3 aromatic rings. The predicted molar refractivity (Wildman–Crippen MR) is 101 cm³/mol. The van der Waals surface area contributed by atoms with E-state index in [0.717, 1.165) is 16.8 Å². The van der Waals surface area contributed by atoms with Gasteiger partial charge in [0, 0.05) is 11.8 Å². The normalized spacial score (nSPS) is 10.4. The minimum Gasteiger partial charge on any atom is -0.464 e. The van der Waals surface area contributed by atoms with Gasteiger partial charge in [-0.3, -0.25) is 0 Å². The van der Waals surface area contributed by atoms with Gasteiger partial charge in [0.25, 0.3) is 0 Å². The van der Waals surface area contributed by atoms with E-state index in [-0.39, 0.29) is 16.9 Å². The number of aryl methyl sites for hydroxylation is 2. The highest BCUT2D eigenvalue weighted by Gasteiger charge is 2.23. The number of anilines is 1. The highest BCUT2D eigenvalue weighted by molar-refractivity contribution is 5.96. The molecule has 0 aliphatic carbocycles. The number of benzene rings is 2.